The number of carbonyl (C=O) groups is 2. The summed E-state index contributed by atoms with van der Waals surface area (Å²) in [5.74, 6) is -1.22. The maximum absolute atomic E-state index is 14.2. The topological polar surface area (TPSA) is 107 Å². The van der Waals surface area contributed by atoms with Crippen molar-refractivity contribution >= 4 is 48.0 Å². The maximum atomic E-state index is 14.2. The molecule has 0 heterocycles. The Morgan fingerprint density at radius 3 is 1.76 bits per heavy atom. The quantitative estimate of drug-likeness (QED) is 0.0862. The van der Waals surface area contributed by atoms with Gasteiger partial charge in [0.05, 0.1) is 34.8 Å². The van der Waals surface area contributed by atoms with Crippen molar-refractivity contribution in [1.82, 2.24) is 4.90 Å². The van der Waals surface area contributed by atoms with Crippen LogP contribution >= 0.6 is 11.6 Å². The van der Waals surface area contributed by atoms with Crippen LogP contribution in [0, 0.1) is 12.3 Å². The molecular weight excluding hydrogens is 800 g/mol. The molecule has 4 aromatic carbocycles. The molecule has 0 aliphatic heterocycles. The van der Waals surface area contributed by atoms with Gasteiger partial charge in [0, 0.05) is 18.7 Å². The third kappa shape index (κ3) is 12.2. The summed E-state index contributed by atoms with van der Waals surface area (Å²) in [7, 11) is 0. The minimum absolute atomic E-state index is 0.000585. The first-order valence-electron chi connectivity index (χ1n) is 18.6. The van der Waals surface area contributed by atoms with Gasteiger partial charge < -0.3 is 25.0 Å². The van der Waals surface area contributed by atoms with Gasteiger partial charge in [-0.05, 0) is 110 Å². The van der Waals surface area contributed by atoms with Gasteiger partial charge in [0.1, 0.15) is 5.60 Å². The largest absolute Gasteiger partial charge is 0.481 e. The van der Waals surface area contributed by atoms with E-state index in [1.807, 2.05) is 0 Å². The summed E-state index contributed by atoms with van der Waals surface area (Å²) in [6.07, 6.45) is -4.47. The SMILES string of the molecule is Cc1c(/C=C/c2cc(CC[C@@](C)(CO)C(=O)O)ccc2C(F)(F)F)cccc1-c1cccc(/C=C/c2cc(CN(CCO)C(=O)OC(C)(C)C)ccc2C(F)(F)F)c1Cl. The summed E-state index contributed by atoms with van der Waals surface area (Å²) in [6.45, 7) is 6.86. The van der Waals surface area contributed by atoms with E-state index in [-0.39, 0.29) is 42.1 Å². The molecule has 316 valence electrons. The zero-order valence-corrected chi connectivity index (χ0v) is 33.9. The Morgan fingerprint density at radius 2 is 1.24 bits per heavy atom. The minimum atomic E-state index is -4.71. The van der Waals surface area contributed by atoms with Gasteiger partial charge in [-0.3, -0.25) is 4.79 Å². The summed E-state index contributed by atoms with van der Waals surface area (Å²) in [6, 6.07) is 17.2. The van der Waals surface area contributed by atoms with Crippen LogP contribution in [0.5, 0.6) is 0 Å². The van der Waals surface area contributed by atoms with Crippen LogP contribution in [0.2, 0.25) is 5.02 Å². The van der Waals surface area contributed by atoms with Crippen LogP contribution in [-0.2, 0) is 34.8 Å². The fourth-order valence-electron chi connectivity index (χ4n) is 6.22. The molecule has 0 spiro atoms. The highest BCUT2D eigenvalue weighted by Crippen LogP contribution is 2.38. The number of ether oxygens (including phenoxy) is 1. The molecule has 14 heteroatoms. The predicted octanol–water partition coefficient (Wildman–Crippen LogP) is 11.4. The number of nitrogens with zero attached hydrogens (tertiary/aromatic N) is 1. The second-order valence-electron chi connectivity index (χ2n) is 15.4. The Kier molecular flexibility index (Phi) is 14.9. The number of hydrogen-bond donors (Lipinski definition) is 3. The highest BCUT2D eigenvalue weighted by molar-refractivity contribution is 6.35. The Bertz CT molecular complexity index is 2210. The molecule has 1 atom stereocenters. The van der Waals surface area contributed by atoms with Crippen LogP contribution in [0.1, 0.15) is 84.2 Å². The zero-order chi connectivity index (χ0) is 43.9. The van der Waals surface area contributed by atoms with Crippen LogP contribution in [0.15, 0.2) is 72.8 Å². The van der Waals surface area contributed by atoms with Crippen molar-refractivity contribution in [2.75, 3.05) is 19.8 Å². The van der Waals surface area contributed by atoms with Gasteiger partial charge in [0.2, 0.25) is 0 Å². The first-order chi connectivity index (χ1) is 27.5. The molecule has 0 aliphatic rings. The normalized spacial score (nSPS) is 13.5. The van der Waals surface area contributed by atoms with E-state index in [0.29, 0.717) is 38.9 Å². The number of benzene rings is 4. The fraction of sp³-hybridized carbons (Fsp3) is 0.333. The zero-order valence-electron chi connectivity index (χ0n) is 33.1. The number of amides is 1. The van der Waals surface area contributed by atoms with E-state index in [1.54, 1.807) is 64.1 Å². The third-order valence-electron chi connectivity index (χ3n) is 9.65. The van der Waals surface area contributed by atoms with E-state index >= 15 is 0 Å². The Balaban J connectivity index is 1.68. The van der Waals surface area contributed by atoms with E-state index in [9.17, 15) is 51.3 Å². The molecule has 4 rings (SSSR count). The van der Waals surface area contributed by atoms with Crippen molar-refractivity contribution in [3.05, 3.63) is 128 Å². The van der Waals surface area contributed by atoms with Gasteiger partial charge in [0.15, 0.2) is 0 Å². The van der Waals surface area contributed by atoms with Crippen molar-refractivity contribution in [3.8, 4) is 11.1 Å². The Morgan fingerprint density at radius 1 is 0.729 bits per heavy atom. The van der Waals surface area contributed by atoms with Crippen LogP contribution in [0.25, 0.3) is 35.4 Å². The lowest BCUT2D eigenvalue weighted by Gasteiger charge is -2.27. The molecule has 0 saturated heterocycles. The maximum Gasteiger partial charge on any atom is 0.416 e. The van der Waals surface area contributed by atoms with E-state index in [4.69, 9.17) is 16.3 Å². The molecule has 7 nitrogen and oxygen atoms in total. The summed E-state index contributed by atoms with van der Waals surface area (Å²) in [5.41, 5.74) is -0.894. The number of halogens is 7. The molecule has 59 heavy (non-hydrogen) atoms. The number of aliphatic carboxylic acids is 1. The summed E-state index contributed by atoms with van der Waals surface area (Å²) >= 11 is 6.89. The molecule has 0 unspecified atom stereocenters. The van der Waals surface area contributed by atoms with Gasteiger partial charge in [-0.15, -0.1) is 0 Å². The number of rotatable bonds is 14. The third-order valence-corrected chi connectivity index (χ3v) is 10.1. The number of carbonyl (C=O) groups excluding carboxylic acids is 1. The molecule has 0 saturated carbocycles. The first kappa shape index (κ1) is 46.6. The van der Waals surface area contributed by atoms with Gasteiger partial charge in [-0.25, -0.2) is 4.79 Å². The summed E-state index contributed by atoms with van der Waals surface area (Å²) in [5, 5.41) is 28.8. The molecule has 0 aliphatic carbocycles. The van der Waals surface area contributed by atoms with Crippen LogP contribution < -0.4 is 0 Å². The second kappa shape index (κ2) is 18.9. The van der Waals surface area contributed by atoms with E-state index in [2.05, 4.69) is 0 Å². The second-order valence-corrected chi connectivity index (χ2v) is 15.8. The molecule has 3 N–H and O–H groups in total. The average molecular weight is 846 g/mol. The molecule has 0 fully saturated rings. The van der Waals surface area contributed by atoms with E-state index < -0.39 is 59.8 Å². The van der Waals surface area contributed by atoms with Crippen molar-refractivity contribution in [2.24, 2.45) is 5.41 Å². The van der Waals surface area contributed by atoms with Crippen LogP contribution in [0.3, 0.4) is 0 Å². The lowest BCUT2D eigenvalue weighted by atomic mass is 9.84. The summed E-state index contributed by atoms with van der Waals surface area (Å²) in [4.78, 5) is 25.6. The van der Waals surface area contributed by atoms with Gasteiger partial charge in [-0.1, -0.05) is 90.5 Å². The van der Waals surface area contributed by atoms with E-state index in [0.717, 1.165) is 12.1 Å². The Hall–Kier alpha value is -5.11. The van der Waals surface area contributed by atoms with E-state index in [1.165, 1.54) is 60.4 Å². The lowest BCUT2D eigenvalue weighted by Crippen LogP contribution is -2.38. The molecule has 1 amide bonds. The lowest BCUT2D eigenvalue weighted by molar-refractivity contribution is -0.150. The highest BCUT2D eigenvalue weighted by Gasteiger charge is 2.35. The van der Waals surface area contributed by atoms with Crippen LogP contribution in [-0.4, -0.2) is 57.6 Å². The predicted molar refractivity (Wildman–Crippen MR) is 217 cm³/mol. The number of carboxylic acid groups (broad SMARTS) is 1. The molecule has 4 aromatic rings. The molecule has 0 bridgehead atoms. The monoisotopic (exact) mass is 845 g/mol. The fourth-order valence-corrected chi connectivity index (χ4v) is 6.51. The number of carboxylic acids is 1. The van der Waals surface area contributed by atoms with Crippen molar-refractivity contribution < 1.29 is 56.0 Å². The summed E-state index contributed by atoms with van der Waals surface area (Å²) < 4.78 is 90.1. The molecule has 0 radical (unpaired) electrons. The first-order valence-corrected chi connectivity index (χ1v) is 18.9. The Labute approximate surface area is 344 Å². The van der Waals surface area contributed by atoms with Gasteiger partial charge in [0.25, 0.3) is 0 Å². The number of aliphatic hydroxyl groups is 2. The number of alkyl halides is 6. The number of aryl methyl sites for hydroxylation is 1. The minimum Gasteiger partial charge on any atom is -0.481 e. The van der Waals surface area contributed by atoms with Gasteiger partial charge in [-0.2, -0.15) is 26.3 Å². The molecule has 0 aromatic heterocycles. The smallest absolute Gasteiger partial charge is 0.416 e. The standard InChI is InChI=1S/C45H46ClF6NO6/c1-28-31(14-16-33-24-29(12-18-37(33)44(47,48)49)20-21-43(5,27-55)40(56)57)8-6-10-35(28)36-11-7-9-32(39(36)46)15-17-34-25-30(13-19-38(34)45(50,51)52)26-53(22-23-54)41(58)59-42(2,3)4/h6-19,24-25,54-55H,20-23,26-27H2,1-5H3,(H,56,57)/b16-14+,17-15+/t43-/m0/s1. The molecular formula is C45H46ClF6NO6. The van der Waals surface area contributed by atoms with Crippen molar-refractivity contribution in [2.45, 2.75) is 72.0 Å². The van der Waals surface area contributed by atoms with Crippen molar-refractivity contribution in [1.29, 1.82) is 0 Å². The highest BCUT2D eigenvalue weighted by atomic mass is 35.5. The number of hydrogen-bond acceptors (Lipinski definition) is 5. The van der Waals surface area contributed by atoms with Crippen molar-refractivity contribution in [3.63, 3.8) is 0 Å². The average Bonchev–Trinajstić information content (AvgIpc) is 3.14. The number of aliphatic hydroxyl groups excluding tert-OH is 2. The van der Waals surface area contributed by atoms with Gasteiger partial charge >= 0.3 is 24.4 Å². The van der Waals surface area contributed by atoms with Crippen LogP contribution in [0.4, 0.5) is 31.1 Å².